The molecule has 0 spiro atoms. The first-order chi connectivity index (χ1) is 10.9. The van der Waals surface area contributed by atoms with Crippen LogP contribution in [0.5, 0.6) is 0 Å². The van der Waals surface area contributed by atoms with Crippen LogP contribution >= 0.6 is 31.9 Å². The van der Waals surface area contributed by atoms with E-state index in [1.54, 1.807) is 6.92 Å². The Morgan fingerprint density at radius 1 is 1.04 bits per heavy atom. The van der Waals surface area contributed by atoms with Crippen molar-refractivity contribution >= 4 is 43.8 Å². The van der Waals surface area contributed by atoms with Crippen LogP contribution < -0.4 is 5.32 Å². The Hall–Kier alpha value is -1.66. The first-order valence-electron chi connectivity index (χ1n) is 7.05. The van der Waals surface area contributed by atoms with Gasteiger partial charge >= 0.3 is 6.03 Å². The maximum Gasteiger partial charge on any atom is 0.325 e. The molecule has 6 heteroatoms. The molecule has 1 heterocycles. The number of amides is 3. The van der Waals surface area contributed by atoms with E-state index >= 15 is 0 Å². The van der Waals surface area contributed by atoms with E-state index in [9.17, 15) is 9.59 Å². The summed E-state index contributed by atoms with van der Waals surface area (Å²) in [6.45, 7) is 1.98. The summed E-state index contributed by atoms with van der Waals surface area (Å²) in [6, 6.07) is 14.6. The summed E-state index contributed by atoms with van der Waals surface area (Å²) in [5, 5.41) is 2.82. The molecule has 3 amide bonds. The molecule has 2 aromatic carbocycles. The monoisotopic (exact) mass is 436 g/mol. The van der Waals surface area contributed by atoms with E-state index in [2.05, 4.69) is 37.2 Å². The Morgan fingerprint density at radius 3 is 2.35 bits per heavy atom. The molecule has 0 radical (unpaired) electrons. The van der Waals surface area contributed by atoms with Crippen LogP contribution in [-0.4, -0.2) is 16.8 Å². The third-order valence-corrected chi connectivity index (χ3v) is 5.16. The molecule has 1 N–H and O–H groups in total. The molecule has 1 atom stereocenters. The Labute approximate surface area is 151 Å². The number of imide groups is 1. The fourth-order valence-electron chi connectivity index (χ4n) is 2.66. The summed E-state index contributed by atoms with van der Waals surface area (Å²) >= 11 is 6.83. The molecule has 1 aliphatic heterocycles. The smallest absolute Gasteiger partial charge is 0.319 e. The highest BCUT2D eigenvalue weighted by molar-refractivity contribution is 9.10. The van der Waals surface area contributed by atoms with E-state index in [1.807, 2.05) is 48.5 Å². The predicted octanol–water partition coefficient (Wildman–Crippen LogP) is 4.18. The van der Waals surface area contributed by atoms with E-state index in [-0.39, 0.29) is 18.5 Å². The lowest BCUT2D eigenvalue weighted by atomic mass is 9.92. The Kier molecular flexibility index (Phi) is 4.29. The van der Waals surface area contributed by atoms with Crippen molar-refractivity contribution in [3.8, 4) is 0 Å². The zero-order valence-electron chi connectivity index (χ0n) is 12.3. The molecule has 0 saturated carbocycles. The number of carbonyl (C=O) groups excluding carboxylic acids is 2. The van der Waals surface area contributed by atoms with Crippen LogP contribution in [-0.2, 0) is 16.9 Å². The molecular formula is C17H14Br2N2O2. The molecule has 1 saturated heterocycles. The molecule has 3 rings (SSSR count). The molecule has 1 fully saturated rings. The van der Waals surface area contributed by atoms with Crippen molar-refractivity contribution in [3.05, 3.63) is 68.6 Å². The minimum Gasteiger partial charge on any atom is -0.319 e. The topological polar surface area (TPSA) is 49.4 Å². The van der Waals surface area contributed by atoms with Gasteiger partial charge in [-0.3, -0.25) is 9.69 Å². The van der Waals surface area contributed by atoms with Crippen molar-refractivity contribution in [2.45, 2.75) is 19.0 Å². The van der Waals surface area contributed by atoms with Crippen LogP contribution in [0.3, 0.4) is 0 Å². The number of nitrogens with one attached hydrogen (secondary N) is 1. The van der Waals surface area contributed by atoms with Crippen LogP contribution in [0.1, 0.15) is 18.1 Å². The van der Waals surface area contributed by atoms with Gasteiger partial charge < -0.3 is 5.32 Å². The average molecular weight is 438 g/mol. The third-order valence-electron chi connectivity index (χ3n) is 3.94. The van der Waals surface area contributed by atoms with Crippen molar-refractivity contribution in [1.82, 2.24) is 10.2 Å². The second-order valence-corrected chi connectivity index (χ2v) is 7.32. The highest BCUT2D eigenvalue weighted by atomic mass is 79.9. The van der Waals surface area contributed by atoms with Crippen LogP contribution in [0.4, 0.5) is 4.79 Å². The third kappa shape index (κ3) is 2.93. The summed E-state index contributed by atoms with van der Waals surface area (Å²) < 4.78 is 1.75. The van der Waals surface area contributed by atoms with Gasteiger partial charge in [0.25, 0.3) is 5.91 Å². The molecule has 0 unspecified atom stereocenters. The Balaban J connectivity index is 1.91. The number of rotatable bonds is 3. The van der Waals surface area contributed by atoms with Gasteiger partial charge in [-0.15, -0.1) is 0 Å². The maximum atomic E-state index is 12.9. The van der Waals surface area contributed by atoms with E-state index in [0.717, 1.165) is 20.1 Å². The number of carbonyl (C=O) groups is 2. The van der Waals surface area contributed by atoms with Crippen LogP contribution in [0.2, 0.25) is 0 Å². The minimum atomic E-state index is -1.06. The highest BCUT2D eigenvalue weighted by Gasteiger charge is 2.49. The lowest BCUT2D eigenvalue weighted by Crippen LogP contribution is -2.41. The predicted molar refractivity (Wildman–Crippen MR) is 94.7 cm³/mol. The first-order valence-corrected chi connectivity index (χ1v) is 8.64. The van der Waals surface area contributed by atoms with Gasteiger partial charge in [0.05, 0.1) is 6.54 Å². The quantitative estimate of drug-likeness (QED) is 0.732. The Bertz CT molecular complexity index is 776. The van der Waals surface area contributed by atoms with Crippen molar-refractivity contribution < 1.29 is 9.59 Å². The van der Waals surface area contributed by atoms with Gasteiger partial charge in [-0.1, -0.05) is 62.2 Å². The van der Waals surface area contributed by atoms with Gasteiger partial charge in [0.1, 0.15) is 5.54 Å². The van der Waals surface area contributed by atoms with Crippen LogP contribution in [0.15, 0.2) is 57.5 Å². The van der Waals surface area contributed by atoms with Crippen molar-refractivity contribution in [1.29, 1.82) is 0 Å². The van der Waals surface area contributed by atoms with E-state index < -0.39 is 5.54 Å². The van der Waals surface area contributed by atoms with Gasteiger partial charge in [0.2, 0.25) is 0 Å². The van der Waals surface area contributed by atoms with E-state index in [1.165, 1.54) is 4.90 Å². The first kappa shape index (κ1) is 16.2. The summed E-state index contributed by atoms with van der Waals surface area (Å²) in [7, 11) is 0. The van der Waals surface area contributed by atoms with Crippen LogP contribution in [0, 0.1) is 0 Å². The second kappa shape index (κ2) is 6.09. The van der Waals surface area contributed by atoms with Gasteiger partial charge in [0, 0.05) is 14.5 Å². The van der Waals surface area contributed by atoms with Crippen molar-refractivity contribution in [2.24, 2.45) is 0 Å². The summed E-state index contributed by atoms with van der Waals surface area (Å²) in [6.07, 6.45) is 0. The number of nitrogens with zero attached hydrogens (tertiary/aromatic N) is 1. The van der Waals surface area contributed by atoms with E-state index in [0.29, 0.717) is 0 Å². The fraction of sp³-hybridized carbons (Fsp3) is 0.176. The molecule has 0 bridgehead atoms. The zero-order chi connectivity index (χ0) is 16.6. The minimum absolute atomic E-state index is 0.248. The van der Waals surface area contributed by atoms with Gasteiger partial charge in [-0.05, 0) is 30.7 Å². The number of hydrogen-bond acceptors (Lipinski definition) is 2. The molecule has 118 valence electrons. The molecule has 0 aliphatic carbocycles. The number of urea groups is 1. The summed E-state index contributed by atoms with van der Waals surface area (Å²) in [4.78, 5) is 26.5. The van der Waals surface area contributed by atoms with Crippen LogP contribution in [0.25, 0.3) is 0 Å². The van der Waals surface area contributed by atoms with Gasteiger partial charge in [-0.2, -0.15) is 0 Å². The summed E-state index contributed by atoms with van der Waals surface area (Å²) in [5.74, 6) is -0.252. The highest BCUT2D eigenvalue weighted by Crippen LogP contribution is 2.34. The maximum absolute atomic E-state index is 12.9. The molecule has 2 aromatic rings. The number of hydrogen-bond donors (Lipinski definition) is 1. The summed E-state index contributed by atoms with van der Waals surface area (Å²) in [5.41, 5.74) is 0.580. The molecule has 23 heavy (non-hydrogen) atoms. The lowest BCUT2D eigenvalue weighted by Gasteiger charge is -2.23. The normalized spacial score (nSPS) is 20.7. The standard InChI is InChI=1S/C17H14Br2N2O2/c1-17(13-4-2-3-5-14(13)19)15(22)21(16(23)20-17)10-11-6-8-12(18)9-7-11/h2-9H,10H2,1H3,(H,20,23)/t17-/m0/s1. The van der Waals surface area contributed by atoms with Gasteiger partial charge in [-0.25, -0.2) is 4.79 Å². The average Bonchev–Trinajstić information content (AvgIpc) is 2.74. The zero-order valence-corrected chi connectivity index (χ0v) is 15.5. The van der Waals surface area contributed by atoms with Crippen molar-refractivity contribution in [3.63, 3.8) is 0 Å². The molecular weight excluding hydrogens is 424 g/mol. The molecule has 0 aromatic heterocycles. The molecule has 4 nitrogen and oxygen atoms in total. The largest absolute Gasteiger partial charge is 0.325 e. The Morgan fingerprint density at radius 2 is 1.70 bits per heavy atom. The molecule has 1 aliphatic rings. The SMILES string of the molecule is C[C@@]1(c2ccccc2Br)NC(=O)N(Cc2ccc(Br)cc2)C1=O. The van der Waals surface area contributed by atoms with Gasteiger partial charge in [0.15, 0.2) is 0 Å². The fourth-order valence-corrected chi connectivity index (χ4v) is 3.61. The van der Waals surface area contributed by atoms with E-state index in [4.69, 9.17) is 0 Å². The number of benzene rings is 2. The van der Waals surface area contributed by atoms with Crippen molar-refractivity contribution in [2.75, 3.05) is 0 Å². The lowest BCUT2D eigenvalue weighted by molar-refractivity contribution is -0.131. The number of halogens is 2. The second-order valence-electron chi connectivity index (χ2n) is 5.55.